The van der Waals surface area contributed by atoms with Crippen molar-refractivity contribution >= 4 is 16.9 Å². The van der Waals surface area contributed by atoms with Gasteiger partial charge in [-0.1, -0.05) is 6.07 Å². The van der Waals surface area contributed by atoms with Gasteiger partial charge in [-0.25, -0.2) is 23.3 Å². The number of carbonyl (C=O) groups is 1. The van der Waals surface area contributed by atoms with Gasteiger partial charge in [-0.15, -0.1) is 0 Å². The molecule has 9 heteroatoms. The molecule has 0 spiro atoms. The Labute approximate surface area is 206 Å². The van der Waals surface area contributed by atoms with E-state index in [4.69, 9.17) is 4.98 Å². The minimum absolute atomic E-state index is 0. The quantitative estimate of drug-likeness (QED) is 0.440. The second-order valence-corrected chi connectivity index (χ2v) is 10.1. The van der Waals surface area contributed by atoms with Crippen molar-refractivity contribution in [2.45, 2.75) is 43.7 Å². The number of nitrogens with one attached hydrogen (secondary N) is 1. The third-order valence-corrected chi connectivity index (χ3v) is 7.30. The lowest BCUT2D eigenvalue weighted by Crippen LogP contribution is -2.51. The van der Waals surface area contributed by atoms with Gasteiger partial charge in [0.25, 0.3) is 11.5 Å². The molecule has 0 radical (unpaired) electrons. The van der Waals surface area contributed by atoms with E-state index in [1.807, 2.05) is 12.1 Å². The standard InChI is InChI=1S/C27H23F2N5O2.H2/c28-17-5-6-19(20(9-17)26(35)33-11-18(29)12-33)16-7-21(14-1-2-14)31-24(8-16)34-13-30-23-10-22(15-3-4-15)32-25(23)27(34)36;/h5-10,13-15,18,32H,1-4,11-12H2;1H. The molecule has 3 aliphatic rings. The van der Waals surface area contributed by atoms with E-state index in [-0.39, 0.29) is 31.6 Å². The maximum absolute atomic E-state index is 14.2. The normalized spacial score (nSPS) is 18.0. The zero-order chi connectivity index (χ0) is 24.6. The van der Waals surface area contributed by atoms with Crippen LogP contribution >= 0.6 is 0 Å². The summed E-state index contributed by atoms with van der Waals surface area (Å²) in [7, 11) is 0. The first-order chi connectivity index (χ1) is 17.4. The predicted molar refractivity (Wildman–Crippen MR) is 132 cm³/mol. The number of hydrogen-bond acceptors (Lipinski definition) is 4. The molecule has 4 heterocycles. The molecule has 1 amide bonds. The molecule has 3 fully saturated rings. The van der Waals surface area contributed by atoms with Gasteiger partial charge in [-0.2, -0.15) is 0 Å². The monoisotopic (exact) mass is 489 g/mol. The molecule has 1 saturated heterocycles. The van der Waals surface area contributed by atoms with Crippen molar-refractivity contribution in [1.82, 2.24) is 24.4 Å². The van der Waals surface area contributed by atoms with Crippen LogP contribution in [0.15, 0.2) is 47.5 Å². The number of halogens is 2. The van der Waals surface area contributed by atoms with Crippen LogP contribution in [0.25, 0.3) is 28.0 Å². The van der Waals surface area contributed by atoms with Crippen molar-refractivity contribution in [1.29, 1.82) is 0 Å². The first-order valence-electron chi connectivity index (χ1n) is 12.3. The molecule has 1 aromatic carbocycles. The number of carbonyl (C=O) groups excluding carboxylic acids is 1. The molecule has 4 aromatic rings. The maximum Gasteiger partial charge on any atom is 0.283 e. The summed E-state index contributed by atoms with van der Waals surface area (Å²) in [6.45, 7) is 0.00749. The Kier molecular flexibility index (Phi) is 4.64. The Hall–Kier alpha value is -3.88. The van der Waals surface area contributed by atoms with Gasteiger partial charge in [-0.3, -0.25) is 9.59 Å². The number of fused-ring (bicyclic) bond motifs is 1. The number of aromatic amines is 1. The van der Waals surface area contributed by atoms with Crippen molar-refractivity contribution in [3.05, 3.63) is 75.8 Å². The number of likely N-dealkylation sites (tertiary alicyclic amines) is 1. The third-order valence-electron chi connectivity index (χ3n) is 7.30. The molecule has 3 aromatic heterocycles. The Morgan fingerprint density at radius 3 is 2.56 bits per heavy atom. The average Bonchev–Trinajstić information content (AvgIpc) is 3.79. The van der Waals surface area contributed by atoms with Gasteiger partial charge < -0.3 is 9.88 Å². The van der Waals surface area contributed by atoms with Crippen molar-refractivity contribution in [2.75, 3.05) is 13.1 Å². The molecule has 36 heavy (non-hydrogen) atoms. The summed E-state index contributed by atoms with van der Waals surface area (Å²) in [6, 6.07) is 9.61. The second kappa shape index (κ2) is 7.81. The fourth-order valence-corrected chi connectivity index (χ4v) is 4.91. The van der Waals surface area contributed by atoms with E-state index in [0.717, 1.165) is 37.1 Å². The summed E-state index contributed by atoms with van der Waals surface area (Å²) in [6.07, 6.45) is 4.63. The van der Waals surface area contributed by atoms with Gasteiger partial charge in [0.15, 0.2) is 0 Å². The van der Waals surface area contributed by atoms with Gasteiger partial charge >= 0.3 is 0 Å². The lowest BCUT2D eigenvalue weighted by atomic mass is 9.97. The minimum atomic E-state index is -1.05. The molecule has 7 rings (SSSR count). The maximum atomic E-state index is 14.2. The van der Waals surface area contributed by atoms with E-state index >= 15 is 0 Å². The SMILES string of the molecule is O=C(c1cc(F)ccc1-c1cc(C2CC2)nc(-n2cnc3cc(C4CC4)[nH]c3c2=O)c1)N1CC(F)C1.[HH]. The number of nitrogens with zero attached hydrogens (tertiary/aromatic N) is 4. The summed E-state index contributed by atoms with van der Waals surface area (Å²) >= 11 is 0. The second-order valence-electron chi connectivity index (χ2n) is 10.1. The number of H-pyrrole nitrogens is 1. The molecule has 0 atom stereocenters. The van der Waals surface area contributed by atoms with Gasteiger partial charge in [0, 0.05) is 18.7 Å². The molecule has 1 aliphatic heterocycles. The third kappa shape index (κ3) is 3.61. The van der Waals surface area contributed by atoms with Crippen LogP contribution in [0.5, 0.6) is 0 Å². The predicted octanol–water partition coefficient (Wildman–Crippen LogP) is 4.71. The first-order valence-corrected chi connectivity index (χ1v) is 12.3. The Bertz CT molecular complexity index is 1600. The Morgan fingerprint density at radius 2 is 1.83 bits per heavy atom. The van der Waals surface area contributed by atoms with E-state index in [1.54, 1.807) is 12.1 Å². The summed E-state index contributed by atoms with van der Waals surface area (Å²) in [5.74, 6) is 0.171. The van der Waals surface area contributed by atoms with E-state index in [1.165, 1.54) is 27.9 Å². The van der Waals surface area contributed by atoms with Gasteiger partial charge in [0.05, 0.1) is 24.2 Å². The number of hydrogen-bond donors (Lipinski definition) is 1. The fourth-order valence-electron chi connectivity index (χ4n) is 4.91. The van der Waals surface area contributed by atoms with Crippen molar-refractivity contribution < 1.29 is 15.0 Å². The van der Waals surface area contributed by atoms with Crippen molar-refractivity contribution in [2.24, 2.45) is 0 Å². The molecule has 2 saturated carbocycles. The molecular formula is C27H25F2N5O2. The van der Waals surface area contributed by atoms with E-state index < -0.39 is 17.9 Å². The minimum Gasteiger partial charge on any atom is -0.352 e. The average molecular weight is 490 g/mol. The molecule has 0 bridgehead atoms. The van der Waals surface area contributed by atoms with Crippen LogP contribution in [0.4, 0.5) is 8.78 Å². The Balaban J connectivity index is 0.00000252. The highest BCUT2D eigenvalue weighted by Crippen LogP contribution is 2.42. The smallest absolute Gasteiger partial charge is 0.283 e. The van der Waals surface area contributed by atoms with Crippen LogP contribution in [0.2, 0.25) is 0 Å². The zero-order valence-corrected chi connectivity index (χ0v) is 19.4. The van der Waals surface area contributed by atoms with Gasteiger partial charge in [-0.05, 0) is 73.1 Å². The molecule has 7 nitrogen and oxygen atoms in total. The molecule has 0 unspecified atom stereocenters. The zero-order valence-electron chi connectivity index (χ0n) is 19.4. The summed E-state index contributed by atoms with van der Waals surface area (Å²) in [5.41, 5.74) is 4.01. The summed E-state index contributed by atoms with van der Waals surface area (Å²) < 4.78 is 29.0. The summed E-state index contributed by atoms with van der Waals surface area (Å²) in [5, 5.41) is 0. The molecular weight excluding hydrogens is 464 g/mol. The van der Waals surface area contributed by atoms with Crippen LogP contribution in [-0.2, 0) is 0 Å². The van der Waals surface area contributed by atoms with Crippen LogP contribution in [-0.4, -0.2) is 49.6 Å². The number of aromatic nitrogens is 4. The highest BCUT2D eigenvalue weighted by Gasteiger charge is 2.33. The number of amides is 1. The van der Waals surface area contributed by atoms with Crippen LogP contribution in [0.1, 0.15) is 60.7 Å². The van der Waals surface area contributed by atoms with Gasteiger partial charge in [0.1, 0.15) is 29.7 Å². The number of rotatable bonds is 5. The van der Waals surface area contributed by atoms with Crippen LogP contribution < -0.4 is 5.56 Å². The van der Waals surface area contributed by atoms with E-state index in [2.05, 4.69) is 9.97 Å². The van der Waals surface area contributed by atoms with Crippen molar-refractivity contribution in [3.8, 4) is 16.9 Å². The van der Waals surface area contributed by atoms with E-state index in [0.29, 0.717) is 33.9 Å². The number of benzene rings is 1. The van der Waals surface area contributed by atoms with Crippen LogP contribution in [0, 0.1) is 5.82 Å². The summed E-state index contributed by atoms with van der Waals surface area (Å²) in [4.78, 5) is 40.4. The molecule has 2 aliphatic carbocycles. The highest BCUT2D eigenvalue weighted by molar-refractivity contribution is 6.01. The molecule has 1 N–H and O–H groups in total. The lowest BCUT2D eigenvalue weighted by molar-refractivity contribution is 0.0400. The van der Waals surface area contributed by atoms with Crippen LogP contribution in [0.3, 0.4) is 0 Å². The van der Waals surface area contributed by atoms with E-state index in [9.17, 15) is 18.4 Å². The largest absolute Gasteiger partial charge is 0.352 e. The molecule has 184 valence electrons. The topological polar surface area (TPSA) is 83.9 Å². The lowest BCUT2D eigenvalue weighted by Gasteiger charge is -2.34. The number of alkyl halides is 1. The first kappa shape index (κ1) is 21.4. The highest BCUT2D eigenvalue weighted by atomic mass is 19.1. The number of pyridine rings is 1. The Morgan fingerprint density at radius 1 is 1.06 bits per heavy atom. The van der Waals surface area contributed by atoms with Gasteiger partial charge in [0.2, 0.25) is 0 Å². The van der Waals surface area contributed by atoms with Crippen molar-refractivity contribution in [3.63, 3.8) is 0 Å². The fraction of sp³-hybridized carbons (Fsp3) is 0.333.